The molecule has 0 atom stereocenters. The summed E-state index contributed by atoms with van der Waals surface area (Å²) in [6.07, 6.45) is 1.37. The van der Waals surface area contributed by atoms with Crippen molar-refractivity contribution in [3.63, 3.8) is 0 Å². The van der Waals surface area contributed by atoms with Crippen LogP contribution in [-0.2, 0) is 10.0 Å². The molecule has 8 heteroatoms. The topological polar surface area (TPSA) is 85.1 Å². The van der Waals surface area contributed by atoms with Crippen LogP contribution in [0, 0.1) is 19.7 Å². The van der Waals surface area contributed by atoms with Gasteiger partial charge in [0.2, 0.25) is 0 Å². The quantitative estimate of drug-likeness (QED) is 0.639. The summed E-state index contributed by atoms with van der Waals surface area (Å²) in [5.41, 5.74) is 6.63. The Morgan fingerprint density at radius 3 is 2.57 bits per heavy atom. The van der Waals surface area contributed by atoms with E-state index in [0.717, 1.165) is 11.6 Å². The highest BCUT2D eigenvalue weighted by molar-refractivity contribution is 9.10. The number of benzene rings is 1. The highest BCUT2D eigenvalue weighted by Crippen LogP contribution is 2.25. The summed E-state index contributed by atoms with van der Waals surface area (Å²) in [6.45, 7) is 3.16. The van der Waals surface area contributed by atoms with Crippen LogP contribution in [0.25, 0.3) is 0 Å². The van der Waals surface area contributed by atoms with E-state index in [2.05, 4.69) is 25.6 Å². The fourth-order valence-corrected chi connectivity index (χ4v) is 3.32. The lowest BCUT2D eigenvalue weighted by atomic mass is 10.2. The number of rotatable bonds is 3. The smallest absolute Gasteiger partial charge is 0.262 e. The van der Waals surface area contributed by atoms with Gasteiger partial charge in [0.1, 0.15) is 10.4 Å². The molecule has 2 rings (SSSR count). The molecule has 0 saturated carbocycles. The average Bonchev–Trinajstić information content (AvgIpc) is 2.37. The van der Waals surface area contributed by atoms with Crippen molar-refractivity contribution in [1.82, 2.24) is 4.98 Å². The second-order valence-corrected chi connectivity index (χ2v) is 6.97. The van der Waals surface area contributed by atoms with Gasteiger partial charge in [-0.15, -0.1) is 0 Å². The first-order chi connectivity index (χ1) is 9.70. The minimum absolute atomic E-state index is 0.0125. The number of nitrogens with one attached hydrogen (secondary N) is 1. The van der Waals surface area contributed by atoms with Gasteiger partial charge in [0.05, 0.1) is 16.8 Å². The van der Waals surface area contributed by atoms with E-state index < -0.39 is 15.8 Å². The van der Waals surface area contributed by atoms with Crippen molar-refractivity contribution in [2.45, 2.75) is 18.7 Å². The summed E-state index contributed by atoms with van der Waals surface area (Å²) in [7, 11) is -3.94. The van der Waals surface area contributed by atoms with Crippen molar-refractivity contribution in [1.29, 1.82) is 0 Å². The van der Waals surface area contributed by atoms with E-state index >= 15 is 0 Å². The summed E-state index contributed by atoms with van der Waals surface area (Å²) in [5, 5.41) is 0. The zero-order valence-corrected chi connectivity index (χ0v) is 13.7. The number of aromatic nitrogens is 1. The summed E-state index contributed by atoms with van der Waals surface area (Å²) in [4.78, 5) is 3.81. The molecule has 112 valence electrons. The standard InChI is InChI=1S/C13H13BrFN3O2S/c1-7-3-10(6-17-13(7)14)18-21(19,20)12-5-9(16)4-11(15)8(12)2/h3-6,18H,16H2,1-2H3. The molecule has 0 fully saturated rings. The first kappa shape index (κ1) is 15.7. The molecule has 0 amide bonds. The normalized spacial score (nSPS) is 11.4. The van der Waals surface area contributed by atoms with Crippen LogP contribution in [0.5, 0.6) is 0 Å². The fourth-order valence-electron chi connectivity index (χ4n) is 1.78. The predicted molar refractivity (Wildman–Crippen MR) is 83.0 cm³/mol. The van der Waals surface area contributed by atoms with Gasteiger partial charge in [-0.2, -0.15) is 0 Å². The molecule has 0 saturated heterocycles. The highest BCUT2D eigenvalue weighted by atomic mass is 79.9. The molecule has 5 nitrogen and oxygen atoms in total. The van der Waals surface area contributed by atoms with E-state index in [0.29, 0.717) is 4.60 Å². The van der Waals surface area contributed by atoms with Crippen LogP contribution in [0.15, 0.2) is 33.9 Å². The van der Waals surface area contributed by atoms with Gasteiger partial charge in [-0.3, -0.25) is 4.72 Å². The molecular formula is C13H13BrFN3O2S. The fraction of sp³-hybridized carbons (Fsp3) is 0.154. The maximum absolute atomic E-state index is 13.6. The molecule has 3 N–H and O–H groups in total. The van der Waals surface area contributed by atoms with Crippen LogP contribution in [0.4, 0.5) is 15.8 Å². The first-order valence-electron chi connectivity index (χ1n) is 5.91. The van der Waals surface area contributed by atoms with Gasteiger partial charge in [0, 0.05) is 11.3 Å². The number of halogens is 2. The minimum atomic E-state index is -3.94. The van der Waals surface area contributed by atoms with Gasteiger partial charge in [-0.25, -0.2) is 17.8 Å². The molecular weight excluding hydrogens is 361 g/mol. The molecule has 1 heterocycles. The van der Waals surface area contributed by atoms with Gasteiger partial charge in [-0.1, -0.05) is 0 Å². The molecule has 0 radical (unpaired) electrons. The number of hydrogen-bond acceptors (Lipinski definition) is 4. The van der Waals surface area contributed by atoms with Crippen LogP contribution in [0.2, 0.25) is 0 Å². The monoisotopic (exact) mass is 373 g/mol. The molecule has 21 heavy (non-hydrogen) atoms. The lowest BCUT2D eigenvalue weighted by molar-refractivity contribution is 0.591. The summed E-state index contributed by atoms with van der Waals surface area (Å²) < 4.78 is 41.3. The summed E-state index contributed by atoms with van der Waals surface area (Å²) in [6, 6.07) is 3.92. The van der Waals surface area contributed by atoms with Crippen LogP contribution in [-0.4, -0.2) is 13.4 Å². The molecule has 0 unspecified atom stereocenters. The Morgan fingerprint density at radius 1 is 1.29 bits per heavy atom. The van der Waals surface area contributed by atoms with Gasteiger partial charge in [0.25, 0.3) is 10.0 Å². The van der Waals surface area contributed by atoms with Crippen molar-refractivity contribution in [2.24, 2.45) is 0 Å². The third kappa shape index (κ3) is 3.33. The largest absolute Gasteiger partial charge is 0.399 e. The van der Waals surface area contributed by atoms with Crippen LogP contribution in [0.1, 0.15) is 11.1 Å². The van der Waals surface area contributed by atoms with Crippen molar-refractivity contribution < 1.29 is 12.8 Å². The molecule has 0 bridgehead atoms. The summed E-state index contributed by atoms with van der Waals surface area (Å²) >= 11 is 3.23. The maximum atomic E-state index is 13.6. The zero-order chi connectivity index (χ0) is 15.8. The van der Waals surface area contributed by atoms with Gasteiger partial charge in [0.15, 0.2) is 0 Å². The number of pyridine rings is 1. The first-order valence-corrected chi connectivity index (χ1v) is 8.19. The Labute approximate surface area is 130 Å². The number of nitrogens with two attached hydrogens (primary N) is 1. The van der Waals surface area contributed by atoms with Gasteiger partial charge in [-0.05, 0) is 53.5 Å². The minimum Gasteiger partial charge on any atom is -0.399 e. The van der Waals surface area contributed by atoms with Crippen molar-refractivity contribution >= 4 is 37.3 Å². The highest BCUT2D eigenvalue weighted by Gasteiger charge is 2.20. The third-order valence-electron chi connectivity index (χ3n) is 2.88. The Kier molecular flexibility index (Phi) is 4.20. The van der Waals surface area contributed by atoms with Crippen LogP contribution in [0.3, 0.4) is 0 Å². The van der Waals surface area contributed by atoms with E-state index in [1.807, 2.05) is 0 Å². The number of anilines is 2. The van der Waals surface area contributed by atoms with Crippen molar-refractivity contribution in [2.75, 3.05) is 10.5 Å². The van der Waals surface area contributed by atoms with Crippen molar-refractivity contribution in [3.05, 3.63) is 45.9 Å². The Morgan fingerprint density at radius 2 is 1.95 bits per heavy atom. The SMILES string of the molecule is Cc1cc(NS(=O)(=O)c2cc(N)cc(F)c2C)cnc1Br. The zero-order valence-electron chi connectivity index (χ0n) is 11.3. The molecule has 1 aromatic carbocycles. The number of nitrogen functional groups attached to an aromatic ring is 1. The predicted octanol–water partition coefficient (Wildman–Crippen LogP) is 2.98. The Hall–Kier alpha value is -1.67. The van der Waals surface area contributed by atoms with Gasteiger partial charge >= 0.3 is 0 Å². The van der Waals surface area contributed by atoms with Crippen LogP contribution < -0.4 is 10.5 Å². The lowest BCUT2D eigenvalue weighted by Gasteiger charge is -2.12. The third-order valence-corrected chi connectivity index (χ3v) is 5.21. The second kappa shape index (κ2) is 5.61. The lowest BCUT2D eigenvalue weighted by Crippen LogP contribution is -2.15. The molecule has 0 aliphatic carbocycles. The van der Waals surface area contributed by atoms with Gasteiger partial charge < -0.3 is 5.73 Å². The molecule has 0 spiro atoms. The van der Waals surface area contributed by atoms with E-state index in [4.69, 9.17) is 5.73 Å². The summed E-state index contributed by atoms with van der Waals surface area (Å²) in [5.74, 6) is -0.666. The average molecular weight is 374 g/mol. The number of sulfonamides is 1. The molecule has 1 aromatic heterocycles. The Balaban J connectivity index is 2.45. The molecule has 0 aliphatic heterocycles. The number of hydrogen-bond donors (Lipinski definition) is 2. The van der Waals surface area contributed by atoms with E-state index in [-0.39, 0.29) is 21.8 Å². The number of nitrogens with zero attached hydrogens (tertiary/aromatic N) is 1. The maximum Gasteiger partial charge on any atom is 0.262 e. The Bertz CT molecular complexity index is 809. The molecule has 2 aromatic rings. The van der Waals surface area contributed by atoms with Crippen molar-refractivity contribution in [3.8, 4) is 0 Å². The van der Waals surface area contributed by atoms with E-state index in [9.17, 15) is 12.8 Å². The second-order valence-electron chi connectivity index (χ2n) is 4.56. The van der Waals surface area contributed by atoms with E-state index in [1.165, 1.54) is 19.2 Å². The number of aryl methyl sites for hydroxylation is 1. The van der Waals surface area contributed by atoms with Crippen LogP contribution >= 0.6 is 15.9 Å². The molecule has 0 aliphatic rings. The van der Waals surface area contributed by atoms with E-state index in [1.54, 1.807) is 13.0 Å².